The minimum atomic E-state index is -3.99. The lowest BCUT2D eigenvalue weighted by Crippen LogP contribution is -2.41. The Morgan fingerprint density at radius 1 is 1.08 bits per heavy atom. The third-order valence-electron chi connectivity index (χ3n) is 3.42. The highest BCUT2D eigenvalue weighted by atomic mass is 32.2. The molecule has 9 heteroatoms. The van der Waals surface area contributed by atoms with Gasteiger partial charge in [0.25, 0.3) is 0 Å². The number of amides is 1. The predicted molar refractivity (Wildman–Crippen MR) is 90.9 cm³/mol. The molecule has 2 aromatic carbocycles. The molecule has 0 aromatic heterocycles. The average Bonchev–Trinajstić information content (AvgIpc) is 2.65. The first-order valence-electron chi connectivity index (χ1n) is 7.51. The van der Waals surface area contributed by atoms with Crippen LogP contribution in [0.2, 0.25) is 0 Å². The van der Waals surface area contributed by atoms with Gasteiger partial charge in [-0.15, -0.1) is 0 Å². The van der Waals surface area contributed by atoms with E-state index < -0.39 is 40.3 Å². The summed E-state index contributed by atoms with van der Waals surface area (Å²) in [6.07, 6.45) is 0. The number of methoxy groups -OCH3 is 1. The number of benzene rings is 2. The minimum Gasteiger partial charge on any atom is -0.467 e. The molecule has 0 saturated carbocycles. The number of rotatable bonds is 7. The van der Waals surface area contributed by atoms with E-state index in [4.69, 9.17) is 0 Å². The van der Waals surface area contributed by atoms with Gasteiger partial charge in [-0.05, 0) is 29.8 Å². The third-order valence-corrected chi connectivity index (χ3v) is 4.84. The van der Waals surface area contributed by atoms with E-state index in [1.165, 1.54) is 7.11 Å². The number of esters is 1. The maximum atomic E-state index is 12.9. The molecule has 0 fully saturated rings. The monoisotopic (exact) mass is 380 g/mol. The largest absolute Gasteiger partial charge is 0.467 e. The summed E-state index contributed by atoms with van der Waals surface area (Å²) in [5, 5.41) is 2.42. The zero-order valence-electron chi connectivity index (χ0n) is 13.8. The lowest BCUT2D eigenvalue weighted by Gasteiger charge is -2.17. The Morgan fingerprint density at radius 2 is 1.69 bits per heavy atom. The van der Waals surface area contributed by atoms with Crippen molar-refractivity contribution < 1.29 is 27.1 Å². The summed E-state index contributed by atoms with van der Waals surface area (Å²) in [4.78, 5) is 23.8. The fraction of sp³-hybridized carbons (Fsp3) is 0.176. The Balaban J connectivity index is 2.04. The van der Waals surface area contributed by atoms with Crippen LogP contribution in [0, 0.1) is 5.82 Å². The van der Waals surface area contributed by atoms with Crippen LogP contribution in [0.5, 0.6) is 0 Å². The highest BCUT2D eigenvalue weighted by molar-refractivity contribution is 7.89. The fourth-order valence-corrected chi connectivity index (χ4v) is 3.09. The molecule has 1 unspecified atom stereocenters. The molecule has 0 radical (unpaired) electrons. The van der Waals surface area contributed by atoms with Gasteiger partial charge in [-0.2, -0.15) is 0 Å². The molecule has 0 aliphatic rings. The summed E-state index contributed by atoms with van der Waals surface area (Å²) in [7, 11) is -2.81. The highest BCUT2D eigenvalue weighted by Gasteiger charge is 2.24. The van der Waals surface area contributed by atoms with Gasteiger partial charge in [-0.25, -0.2) is 22.3 Å². The van der Waals surface area contributed by atoms with Crippen molar-refractivity contribution in [3.05, 3.63) is 66.0 Å². The van der Waals surface area contributed by atoms with E-state index in [1.54, 1.807) is 30.3 Å². The van der Waals surface area contributed by atoms with E-state index in [9.17, 15) is 22.4 Å². The summed E-state index contributed by atoms with van der Waals surface area (Å²) in [6, 6.07) is 11.5. The van der Waals surface area contributed by atoms with Crippen LogP contribution in [0.3, 0.4) is 0 Å². The second-order valence-corrected chi connectivity index (χ2v) is 6.98. The molecule has 0 aliphatic carbocycles. The zero-order valence-corrected chi connectivity index (χ0v) is 14.6. The van der Waals surface area contributed by atoms with Crippen molar-refractivity contribution in [2.24, 2.45) is 0 Å². The van der Waals surface area contributed by atoms with Crippen molar-refractivity contribution in [1.82, 2.24) is 10.0 Å². The van der Waals surface area contributed by atoms with E-state index in [1.807, 2.05) is 0 Å². The number of ether oxygens (including phenoxy) is 1. The third kappa shape index (κ3) is 5.11. The lowest BCUT2D eigenvalue weighted by molar-refractivity contribution is -0.145. The maximum Gasteiger partial charge on any atom is 0.333 e. The summed E-state index contributed by atoms with van der Waals surface area (Å²) in [6.45, 7) is -0.597. The first-order chi connectivity index (χ1) is 12.3. The van der Waals surface area contributed by atoms with Crippen molar-refractivity contribution >= 4 is 21.9 Å². The number of carbonyl (C=O) groups excluding carboxylic acids is 2. The number of halogens is 1. The standard InChI is InChI=1S/C17H17FN2O5S/c1-25-17(22)16(12-5-3-2-4-6-12)20-15(21)11-19-26(23,24)14-9-7-13(18)8-10-14/h2-10,16,19H,11H2,1H3,(H,20,21). The van der Waals surface area contributed by atoms with Crippen LogP contribution in [-0.2, 0) is 24.3 Å². The fourth-order valence-electron chi connectivity index (χ4n) is 2.11. The number of nitrogens with one attached hydrogen (secondary N) is 2. The molecule has 0 saturated heterocycles. The Labute approximate surface area is 150 Å². The molecule has 0 spiro atoms. The Bertz CT molecular complexity index is 870. The normalized spacial score (nSPS) is 12.2. The van der Waals surface area contributed by atoms with Gasteiger partial charge in [0, 0.05) is 0 Å². The zero-order chi connectivity index (χ0) is 19.2. The first kappa shape index (κ1) is 19.5. The average molecular weight is 380 g/mol. The van der Waals surface area contributed by atoms with Gasteiger partial charge in [0.05, 0.1) is 18.6 Å². The van der Waals surface area contributed by atoms with Gasteiger partial charge in [0.15, 0.2) is 6.04 Å². The summed E-state index contributed by atoms with van der Waals surface area (Å²) < 4.78 is 43.8. The van der Waals surface area contributed by atoms with Gasteiger partial charge in [0.1, 0.15) is 5.82 Å². The van der Waals surface area contributed by atoms with Gasteiger partial charge in [-0.1, -0.05) is 30.3 Å². The van der Waals surface area contributed by atoms with Crippen molar-refractivity contribution in [2.75, 3.05) is 13.7 Å². The molecule has 26 heavy (non-hydrogen) atoms. The molecule has 7 nitrogen and oxygen atoms in total. The molecule has 0 aliphatic heterocycles. The van der Waals surface area contributed by atoms with E-state index >= 15 is 0 Å². The van der Waals surface area contributed by atoms with Gasteiger partial charge < -0.3 is 10.1 Å². The van der Waals surface area contributed by atoms with Crippen molar-refractivity contribution in [3.8, 4) is 0 Å². The van der Waals surface area contributed by atoms with Crippen molar-refractivity contribution in [1.29, 1.82) is 0 Å². The van der Waals surface area contributed by atoms with Crippen LogP contribution >= 0.6 is 0 Å². The van der Waals surface area contributed by atoms with Crippen LogP contribution < -0.4 is 10.0 Å². The van der Waals surface area contributed by atoms with Crippen LogP contribution in [0.4, 0.5) is 4.39 Å². The lowest BCUT2D eigenvalue weighted by atomic mass is 10.1. The number of hydrogen-bond acceptors (Lipinski definition) is 5. The van der Waals surface area contributed by atoms with Crippen molar-refractivity contribution in [2.45, 2.75) is 10.9 Å². The molecule has 2 N–H and O–H groups in total. The molecule has 138 valence electrons. The van der Waals surface area contributed by atoms with E-state index in [-0.39, 0.29) is 4.90 Å². The molecular formula is C17H17FN2O5S. The van der Waals surface area contributed by atoms with Crippen molar-refractivity contribution in [3.63, 3.8) is 0 Å². The number of carbonyl (C=O) groups is 2. The number of hydrogen-bond donors (Lipinski definition) is 2. The van der Waals surface area contributed by atoms with Gasteiger partial charge >= 0.3 is 5.97 Å². The second kappa shape index (κ2) is 8.54. The van der Waals surface area contributed by atoms with Crippen LogP contribution in [0.15, 0.2) is 59.5 Å². The number of sulfonamides is 1. The first-order valence-corrected chi connectivity index (χ1v) is 8.99. The quantitative estimate of drug-likeness (QED) is 0.702. The smallest absolute Gasteiger partial charge is 0.333 e. The molecule has 1 amide bonds. The molecule has 1 atom stereocenters. The highest BCUT2D eigenvalue weighted by Crippen LogP contribution is 2.14. The van der Waals surface area contributed by atoms with Crippen LogP contribution in [0.25, 0.3) is 0 Å². The molecule has 0 heterocycles. The summed E-state index contributed by atoms with van der Waals surface area (Å²) >= 11 is 0. The molecule has 2 aromatic rings. The predicted octanol–water partition coefficient (Wildman–Crippen LogP) is 1.13. The van der Waals surface area contributed by atoms with E-state index in [2.05, 4.69) is 14.8 Å². The summed E-state index contributed by atoms with van der Waals surface area (Å²) in [5.41, 5.74) is 0.495. The molecular weight excluding hydrogens is 363 g/mol. The second-order valence-electron chi connectivity index (χ2n) is 5.21. The van der Waals surface area contributed by atoms with Crippen LogP contribution in [-0.4, -0.2) is 33.9 Å². The maximum absolute atomic E-state index is 12.9. The van der Waals surface area contributed by atoms with Crippen LogP contribution in [0.1, 0.15) is 11.6 Å². The molecule has 0 bridgehead atoms. The Hall–Kier alpha value is -2.78. The molecule has 2 rings (SSSR count). The van der Waals surface area contributed by atoms with E-state index in [0.717, 1.165) is 24.3 Å². The Morgan fingerprint density at radius 3 is 2.27 bits per heavy atom. The summed E-state index contributed by atoms with van der Waals surface area (Å²) in [5.74, 6) is -1.99. The topological polar surface area (TPSA) is 102 Å². The Kier molecular flexibility index (Phi) is 6.42. The van der Waals surface area contributed by atoms with E-state index in [0.29, 0.717) is 5.56 Å². The minimum absolute atomic E-state index is 0.181. The van der Waals surface area contributed by atoms with Gasteiger partial charge in [0.2, 0.25) is 15.9 Å². The van der Waals surface area contributed by atoms with Gasteiger partial charge in [-0.3, -0.25) is 4.79 Å². The SMILES string of the molecule is COC(=O)C(NC(=O)CNS(=O)(=O)c1ccc(F)cc1)c1ccccc1.